The van der Waals surface area contributed by atoms with Crippen molar-refractivity contribution < 1.29 is 23.8 Å². The number of benzene rings is 5. The zero-order chi connectivity index (χ0) is 29.6. The van der Waals surface area contributed by atoms with Crippen molar-refractivity contribution in [1.29, 1.82) is 0 Å². The second-order valence-electron chi connectivity index (χ2n) is 10.00. The molecule has 3 N–H and O–H groups in total. The molecule has 214 valence electrons. The lowest BCUT2D eigenvalue weighted by Gasteiger charge is -2.40. The topological polar surface area (TPSA) is 88.0 Å². The first kappa shape index (κ1) is 29.5. The lowest BCUT2D eigenvalue weighted by molar-refractivity contribution is -0.0518. The van der Waals surface area contributed by atoms with E-state index in [4.69, 9.17) is 9.47 Å². The van der Waals surface area contributed by atoms with Gasteiger partial charge in [-0.15, -0.1) is 0 Å². The predicted octanol–water partition coefficient (Wildman–Crippen LogP) is 7.41. The first-order chi connectivity index (χ1) is 20.3. The Morgan fingerprint density at radius 3 is 1.60 bits per heavy atom. The lowest BCUT2D eigenvalue weighted by Crippen LogP contribution is -2.42. The van der Waals surface area contributed by atoms with Crippen molar-refractivity contribution in [2.24, 2.45) is 0 Å². The summed E-state index contributed by atoms with van der Waals surface area (Å²) in [5, 5.41) is 2.91. The number of hydrogen-bond acceptors (Lipinski definition) is 4. The molecule has 0 aromatic heterocycles. The van der Waals surface area contributed by atoms with Crippen LogP contribution in [0.4, 0.5) is 0 Å². The van der Waals surface area contributed by atoms with Crippen LogP contribution in [-0.4, -0.2) is 29.4 Å². The molecule has 0 amide bonds. The van der Waals surface area contributed by atoms with Crippen LogP contribution in [0.15, 0.2) is 133 Å². The van der Waals surface area contributed by atoms with Gasteiger partial charge in [0.25, 0.3) is 0 Å². The van der Waals surface area contributed by atoms with E-state index in [-0.39, 0.29) is 0 Å². The molecule has 5 aromatic rings. The summed E-state index contributed by atoms with van der Waals surface area (Å²) in [5.74, 6) is 0.714. The summed E-state index contributed by atoms with van der Waals surface area (Å²) < 4.78 is 24.8. The molecular formula is C35H34NO5P. The van der Waals surface area contributed by atoms with Crippen molar-refractivity contribution in [3.05, 3.63) is 150 Å². The second-order valence-corrected chi connectivity index (χ2v) is 11.6. The largest absolute Gasteiger partial charge is 0.496 e. The van der Waals surface area contributed by atoms with Crippen LogP contribution in [0, 0.1) is 0 Å². The molecule has 0 fully saturated rings. The second kappa shape index (κ2) is 12.9. The SMILES string of the molecule is COc1ccc(C(OC(C)NCP(=O)(O)O)(c2ccccc2)c2ccccc2)c(-c2ccccc2)c1-c1ccccc1. The average molecular weight is 580 g/mol. The maximum absolute atomic E-state index is 11.8. The van der Waals surface area contributed by atoms with E-state index in [9.17, 15) is 14.4 Å². The third-order valence-electron chi connectivity index (χ3n) is 7.19. The molecule has 5 rings (SSSR count). The highest BCUT2D eigenvalue weighted by Gasteiger charge is 2.42. The third-order valence-corrected chi connectivity index (χ3v) is 7.78. The van der Waals surface area contributed by atoms with Gasteiger partial charge in [-0.2, -0.15) is 0 Å². The van der Waals surface area contributed by atoms with Crippen LogP contribution in [0.5, 0.6) is 5.75 Å². The normalized spacial score (nSPS) is 12.6. The molecule has 0 aliphatic rings. The van der Waals surface area contributed by atoms with Gasteiger partial charge in [0.05, 0.1) is 7.11 Å². The van der Waals surface area contributed by atoms with Crippen LogP contribution in [0.2, 0.25) is 0 Å². The van der Waals surface area contributed by atoms with E-state index in [1.54, 1.807) is 14.0 Å². The van der Waals surface area contributed by atoms with Crippen molar-refractivity contribution >= 4 is 7.60 Å². The zero-order valence-electron chi connectivity index (χ0n) is 23.6. The highest BCUT2D eigenvalue weighted by molar-refractivity contribution is 7.51. The molecule has 0 spiro atoms. The number of rotatable bonds is 11. The van der Waals surface area contributed by atoms with Crippen LogP contribution >= 0.6 is 7.60 Å². The summed E-state index contributed by atoms with van der Waals surface area (Å²) in [5.41, 5.74) is 5.19. The molecule has 1 atom stereocenters. The van der Waals surface area contributed by atoms with Gasteiger partial charge in [-0.25, -0.2) is 0 Å². The fraction of sp³-hybridized carbons (Fsp3) is 0.143. The average Bonchev–Trinajstić information content (AvgIpc) is 3.03. The molecule has 0 radical (unpaired) electrons. The van der Waals surface area contributed by atoms with Gasteiger partial charge in [0.15, 0.2) is 0 Å². The number of nitrogens with one attached hydrogen (secondary N) is 1. The summed E-state index contributed by atoms with van der Waals surface area (Å²) in [7, 11) is -2.66. The molecule has 6 nitrogen and oxygen atoms in total. The molecule has 42 heavy (non-hydrogen) atoms. The van der Waals surface area contributed by atoms with E-state index in [0.717, 1.165) is 38.9 Å². The first-order valence-corrected chi connectivity index (χ1v) is 15.5. The van der Waals surface area contributed by atoms with Crippen molar-refractivity contribution in [3.63, 3.8) is 0 Å². The number of hydrogen-bond donors (Lipinski definition) is 3. The molecule has 0 bridgehead atoms. The Kier molecular flexibility index (Phi) is 9.03. The maximum Gasteiger partial charge on any atom is 0.339 e. The van der Waals surface area contributed by atoms with Crippen molar-refractivity contribution in [1.82, 2.24) is 5.32 Å². The zero-order valence-corrected chi connectivity index (χ0v) is 24.4. The van der Waals surface area contributed by atoms with Gasteiger partial charge in [-0.1, -0.05) is 127 Å². The van der Waals surface area contributed by atoms with Gasteiger partial charge in [0.1, 0.15) is 23.9 Å². The summed E-state index contributed by atoms with van der Waals surface area (Å²) in [6.07, 6.45) is -1.26. The molecule has 0 heterocycles. The highest BCUT2D eigenvalue weighted by atomic mass is 31.2. The predicted molar refractivity (Wildman–Crippen MR) is 167 cm³/mol. The fourth-order valence-corrected chi connectivity index (χ4v) is 5.92. The molecule has 1 unspecified atom stereocenters. The molecule has 7 heteroatoms. The fourth-order valence-electron chi connectivity index (χ4n) is 5.42. The van der Waals surface area contributed by atoms with Crippen molar-refractivity contribution in [2.75, 3.05) is 13.4 Å². The maximum atomic E-state index is 11.8. The van der Waals surface area contributed by atoms with Gasteiger partial charge in [0.2, 0.25) is 0 Å². The quantitative estimate of drug-likeness (QED) is 0.0858. The lowest BCUT2D eigenvalue weighted by atomic mass is 9.75. The van der Waals surface area contributed by atoms with Crippen LogP contribution in [0.1, 0.15) is 23.6 Å². The molecular weight excluding hydrogens is 545 g/mol. The molecule has 0 aliphatic carbocycles. The minimum Gasteiger partial charge on any atom is -0.496 e. The minimum absolute atomic E-state index is 0.517. The molecule has 0 saturated heterocycles. The van der Waals surface area contributed by atoms with Crippen LogP contribution in [0.3, 0.4) is 0 Å². The minimum atomic E-state index is -4.32. The van der Waals surface area contributed by atoms with Crippen LogP contribution in [0.25, 0.3) is 22.3 Å². The number of methoxy groups -OCH3 is 1. The van der Waals surface area contributed by atoms with E-state index < -0.39 is 25.7 Å². The van der Waals surface area contributed by atoms with E-state index in [0.29, 0.717) is 5.75 Å². The monoisotopic (exact) mass is 579 g/mol. The van der Waals surface area contributed by atoms with E-state index >= 15 is 0 Å². The Hall–Kier alpha value is -4.03. The van der Waals surface area contributed by atoms with E-state index in [1.165, 1.54) is 0 Å². The third kappa shape index (κ3) is 6.24. The van der Waals surface area contributed by atoms with E-state index in [2.05, 4.69) is 29.6 Å². The van der Waals surface area contributed by atoms with Crippen molar-refractivity contribution in [3.8, 4) is 28.0 Å². The van der Waals surface area contributed by atoms with E-state index in [1.807, 2.05) is 109 Å². The van der Waals surface area contributed by atoms with Gasteiger partial charge >= 0.3 is 7.60 Å². The molecule has 5 aromatic carbocycles. The Balaban J connectivity index is 1.90. The van der Waals surface area contributed by atoms with Gasteiger partial charge < -0.3 is 19.3 Å². The summed E-state index contributed by atoms with van der Waals surface area (Å²) in [6.45, 7) is 1.76. The highest BCUT2D eigenvalue weighted by Crippen LogP contribution is 2.50. The molecule has 0 aliphatic heterocycles. The van der Waals surface area contributed by atoms with Crippen LogP contribution in [-0.2, 0) is 14.9 Å². The van der Waals surface area contributed by atoms with Crippen molar-refractivity contribution in [2.45, 2.75) is 18.8 Å². The van der Waals surface area contributed by atoms with Gasteiger partial charge in [-0.05, 0) is 35.2 Å². The van der Waals surface area contributed by atoms with Crippen LogP contribution < -0.4 is 10.1 Å². The van der Waals surface area contributed by atoms with Gasteiger partial charge in [0, 0.05) is 16.7 Å². The smallest absolute Gasteiger partial charge is 0.339 e. The summed E-state index contributed by atoms with van der Waals surface area (Å²) in [6, 6.07) is 44.1. The Morgan fingerprint density at radius 2 is 1.14 bits per heavy atom. The Morgan fingerprint density at radius 1 is 0.690 bits per heavy atom. The summed E-state index contributed by atoms with van der Waals surface area (Å²) >= 11 is 0. The first-order valence-electron chi connectivity index (χ1n) is 13.7. The van der Waals surface area contributed by atoms with Gasteiger partial charge in [-0.3, -0.25) is 9.88 Å². The Bertz CT molecular complexity index is 1600. The number of ether oxygens (including phenoxy) is 2. The standard InChI is InChI=1S/C35H34NO5P/c1-26(36-25-42(37,38)39)41-35(29-19-11-5-12-20-29,30-21-13-6-14-22-30)31-23-24-32(40-2)34(28-17-9-4-10-18-28)33(31)27-15-7-3-8-16-27/h3-24,26,36H,25H2,1-2H3,(H2,37,38,39). The summed E-state index contributed by atoms with van der Waals surface area (Å²) in [4.78, 5) is 19.2. The molecule has 0 saturated carbocycles. The Labute approximate surface area is 246 Å².